The van der Waals surface area contributed by atoms with Gasteiger partial charge in [0.1, 0.15) is 0 Å². The van der Waals surface area contributed by atoms with Crippen molar-refractivity contribution in [2.45, 2.75) is 20.8 Å². The van der Waals surface area contributed by atoms with Gasteiger partial charge in [0.2, 0.25) is 10.0 Å². The normalized spacial score (nSPS) is 11.7. The molecule has 0 aromatic heterocycles. The zero-order valence-electron chi connectivity index (χ0n) is 9.32. The van der Waals surface area contributed by atoms with E-state index in [1.54, 1.807) is 12.1 Å². The van der Waals surface area contributed by atoms with E-state index >= 15 is 0 Å². The summed E-state index contributed by atoms with van der Waals surface area (Å²) in [5.74, 6) is 0.286. The van der Waals surface area contributed by atoms with Crippen LogP contribution in [0.2, 0.25) is 0 Å². The van der Waals surface area contributed by atoms with Gasteiger partial charge in [-0.3, -0.25) is 4.72 Å². The molecule has 1 rings (SSSR count). The van der Waals surface area contributed by atoms with E-state index in [4.69, 9.17) is 0 Å². The van der Waals surface area contributed by atoms with E-state index in [-0.39, 0.29) is 11.7 Å². The van der Waals surface area contributed by atoms with Gasteiger partial charge < -0.3 is 0 Å². The summed E-state index contributed by atoms with van der Waals surface area (Å²) in [6.45, 7) is 5.73. The Labute approximate surface area is 91.6 Å². The summed E-state index contributed by atoms with van der Waals surface area (Å²) in [5.41, 5.74) is 1.74. The first kappa shape index (κ1) is 12.0. The molecule has 84 valence electrons. The van der Waals surface area contributed by atoms with E-state index in [9.17, 15) is 8.42 Å². The van der Waals surface area contributed by atoms with Crippen LogP contribution in [0, 0.1) is 12.8 Å². The standard InChI is InChI=1S/C11H17NO2S/c1-9(2)8-15(13,14)12-11-6-4-10(3)5-7-11/h4-7,9,12H,8H2,1-3H3. The highest BCUT2D eigenvalue weighted by Crippen LogP contribution is 2.11. The van der Waals surface area contributed by atoms with Crippen molar-refractivity contribution in [3.8, 4) is 0 Å². The molecule has 0 fully saturated rings. The second-order valence-corrected chi connectivity index (χ2v) is 5.91. The third-order valence-electron chi connectivity index (χ3n) is 1.88. The lowest BCUT2D eigenvalue weighted by Gasteiger charge is -2.09. The smallest absolute Gasteiger partial charge is 0.232 e. The lowest BCUT2D eigenvalue weighted by atomic mass is 10.2. The molecule has 0 aliphatic carbocycles. The Balaban J connectivity index is 2.73. The monoisotopic (exact) mass is 227 g/mol. The van der Waals surface area contributed by atoms with E-state index in [0.29, 0.717) is 5.69 Å². The van der Waals surface area contributed by atoms with Crippen molar-refractivity contribution >= 4 is 15.7 Å². The second kappa shape index (κ2) is 4.66. The van der Waals surface area contributed by atoms with E-state index in [1.165, 1.54) is 0 Å². The van der Waals surface area contributed by atoms with Crippen LogP contribution in [-0.2, 0) is 10.0 Å². The molecule has 0 amide bonds. The van der Waals surface area contributed by atoms with Crippen molar-refractivity contribution in [2.24, 2.45) is 5.92 Å². The van der Waals surface area contributed by atoms with Crippen molar-refractivity contribution in [2.75, 3.05) is 10.5 Å². The Morgan fingerprint density at radius 1 is 1.20 bits per heavy atom. The molecule has 0 saturated heterocycles. The quantitative estimate of drug-likeness (QED) is 0.858. The molecular formula is C11H17NO2S. The number of nitrogens with one attached hydrogen (secondary N) is 1. The molecule has 0 bridgehead atoms. The average molecular weight is 227 g/mol. The van der Waals surface area contributed by atoms with Gasteiger partial charge in [-0.2, -0.15) is 0 Å². The van der Waals surface area contributed by atoms with Crippen molar-refractivity contribution in [3.63, 3.8) is 0 Å². The maximum absolute atomic E-state index is 11.6. The van der Waals surface area contributed by atoms with Gasteiger partial charge in [-0.1, -0.05) is 31.5 Å². The summed E-state index contributed by atoms with van der Waals surface area (Å²) in [4.78, 5) is 0. The Morgan fingerprint density at radius 3 is 2.20 bits per heavy atom. The van der Waals surface area contributed by atoms with Gasteiger partial charge in [-0.05, 0) is 25.0 Å². The number of hydrogen-bond acceptors (Lipinski definition) is 2. The molecule has 0 radical (unpaired) electrons. The van der Waals surface area contributed by atoms with Crippen LogP contribution >= 0.6 is 0 Å². The fraction of sp³-hybridized carbons (Fsp3) is 0.455. The largest absolute Gasteiger partial charge is 0.284 e. The first-order valence-electron chi connectivity index (χ1n) is 4.96. The van der Waals surface area contributed by atoms with E-state index in [2.05, 4.69) is 4.72 Å². The van der Waals surface area contributed by atoms with Gasteiger partial charge in [0.15, 0.2) is 0 Å². The van der Waals surface area contributed by atoms with Crippen LogP contribution in [-0.4, -0.2) is 14.2 Å². The lowest BCUT2D eigenvalue weighted by molar-refractivity contribution is 0.587. The Morgan fingerprint density at radius 2 is 1.73 bits per heavy atom. The fourth-order valence-corrected chi connectivity index (χ4v) is 2.74. The molecule has 0 spiro atoms. The molecule has 1 N–H and O–H groups in total. The molecule has 0 aliphatic heterocycles. The van der Waals surface area contributed by atoms with E-state index in [1.807, 2.05) is 32.9 Å². The first-order chi connectivity index (χ1) is 6.89. The third-order valence-corrected chi connectivity index (χ3v) is 3.53. The summed E-state index contributed by atoms with van der Waals surface area (Å²) >= 11 is 0. The van der Waals surface area contributed by atoms with Crippen LogP contribution in [0.3, 0.4) is 0 Å². The molecule has 0 heterocycles. The minimum absolute atomic E-state index is 0.132. The van der Waals surface area contributed by atoms with Crippen molar-refractivity contribution in [1.29, 1.82) is 0 Å². The first-order valence-corrected chi connectivity index (χ1v) is 6.61. The highest BCUT2D eigenvalue weighted by molar-refractivity contribution is 7.92. The molecular weight excluding hydrogens is 210 g/mol. The van der Waals surface area contributed by atoms with Crippen LogP contribution in [0.5, 0.6) is 0 Å². The predicted molar refractivity (Wildman–Crippen MR) is 63.4 cm³/mol. The topological polar surface area (TPSA) is 46.2 Å². The number of rotatable bonds is 4. The van der Waals surface area contributed by atoms with E-state index < -0.39 is 10.0 Å². The zero-order valence-corrected chi connectivity index (χ0v) is 10.1. The maximum atomic E-state index is 11.6. The van der Waals surface area contributed by atoms with Crippen molar-refractivity contribution in [1.82, 2.24) is 0 Å². The highest BCUT2D eigenvalue weighted by Gasteiger charge is 2.12. The number of hydrogen-bond donors (Lipinski definition) is 1. The van der Waals surface area contributed by atoms with Gasteiger partial charge in [0.25, 0.3) is 0 Å². The Bertz CT molecular complexity index is 407. The molecule has 0 saturated carbocycles. The number of benzene rings is 1. The van der Waals surface area contributed by atoms with Crippen molar-refractivity contribution < 1.29 is 8.42 Å². The number of aryl methyl sites for hydroxylation is 1. The molecule has 1 aromatic carbocycles. The lowest BCUT2D eigenvalue weighted by Crippen LogP contribution is -2.19. The Kier molecular flexibility index (Phi) is 3.74. The van der Waals surface area contributed by atoms with Crippen LogP contribution in [0.4, 0.5) is 5.69 Å². The minimum Gasteiger partial charge on any atom is -0.284 e. The van der Waals surface area contributed by atoms with Gasteiger partial charge in [-0.25, -0.2) is 8.42 Å². The van der Waals surface area contributed by atoms with Gasteiger partial charge in [0.05, 0.1) is 5.75 Å². The van der Waals surface area contributed by atoms with Gasteiger partial charge >= 0.3 is 0 Å². The van der Waals surface area contributed by atoms with Gasteiger partial charge in [0, 0.05) is 5.69 Å². The van der Waals surface area contributed by atoms with Crippen LogP contribution in [0.1, 0.15) is 19.4 Å². The summed E-state index contributed by atoms with van der Waals surface area (Å²) < 4.78 is 25.7. The summed E-state index contributed by atoms with van der Waals surface area (Å²) in [7, 11) is -3.20. The van der Waals surface area contributed by atoms with Gasteiger partial charge in [-0.15, -0.1) is 0 Å². The molecule has 4 heteroatoms. The number of sulfonamides is 1. The SMILES string of the molecule is Cc1ccc(NS(=O)(=O)CC(C)C)cc1. The summed E-state index contributed by atoms with van der Waals surface area (Å²) in [6, 6.07) is 7.31. The molecule has 0 aliphatic rings. The average Bonchev–Trinajstić information content (AvgIpc) is 2.06. The maximum Gasteiger partial charge on any atom is 0.232 e. The van der Waals surface area contributed by atoms with E-state index in [0.717, 1.165) is 5.56 Å². The Hall–Kier alpha value is -1.03. The zero-order chi connectivity index (χ0) is 11.5. The predicted octanol–water partition coefficient (Wildman–Crippen LogP) is 2.39. The van der Waals surface area contributed by atoms with Crippen LogP contribution < -0.4 is 4.72 Å². The van der Waals surface area contributed by atoms with Crippen molar-refractivity contribution in [3.05, 3.63) is 29.8 Å². The fourth-order valence-electron chi connectivity index (χ4n) is 1.28. The van der Waals surface area contributed by atoms with Crippen LogP contribution in [0.25, 0.3) is 0 Å². The molecule has 0 unspecified atom stereocenters. The summed E-state index contributed by atoms with van der Waals surface area (Å²) in [5, 5.41) is 0. The summed E-state index contributed by atoms with van der Waals surface area (Å²) in [6.07, 6.45) is 0. The minimum atomic E-state index is -3.20. The molecule has 15 heavy (non-hydrogen) atoms. The molecule has 1 aromatic rings. The second-order valence-electron chi connectivity index (χ2n) is 4.14. The molecule has 0 atom stereocenters. The highest BCUT2D eigenvalue weighted by atomic mass is 32.2. The van der Waals surface area contributed by atoms with Crippen LogP contribution in [0.15, 0.2) is 24.3 Å². The molecule has 3 nitrogen and oxygen atoms in total. The number of anilines is 1. The third kappa shape index (κ3) is 4.34.